The quantitative estimate of drug-likeness (QED) is 0.131. The van der Waals surface area contributed by atoms with Crippen LogP contribution in [0.25, 0.3) is 0 Å². The highest BCUT2D eigenvalue weighted by Gasteiger charge is 2.30. The standard InChI is InChI=1S/C24H43N9O5/c25-13-23(27)15-28-8-9-29-16-24(14-26,31-11-10-30-23)33-21(36)3-1-2-20(35)32-19(22(37)38)12-17-4-6-18(34)7-5-17/h4-7,19,28-31,34H,1-3,8-16,25-27H2,(H,32,35)(H,33,36)(H,37,38)/t19-,23+,24+/m0/s1. The van der Waals surface area contributed by atoms with Crippen LogP contribution < -0.4 is 49.1 Å². The molecule has 0 aliphatic carbocycles. The maximum atomic E-state index is 12.7. The van der Waals surface area contributed by atoms with Crippen molar-refractivity contribution in [2.24, 2.45) is 17.2 Å². The van der Waals surface area contributed by atoms with Gasteiger partial charge in [0.05, 0.1) is 5.66 Å². The van der Waals surface area contributed by atoms with Crippen LogP contribution in [0.15, 0.2) is 24.3 Å². The molecule has 3 atom stereocenters. The Kier molecular flexibility index (Phi) is 12.8. The number of aromatic hydroxyl groups is 1. The number of carboxylic acids is 1. The zero-order valence-corrected chi connectivity index (χ0v) is 21.7. The van der Waals surface area contributed by atoms with E-state index in [1.807, 2.05) is 0 Å². The van der Waals surface area contributed by atoms with Crippen molar-refractivity contribution in [1.82, 2.24) is 31.9 Å². The molecule has 14 heteroatoms. The van der Waals surface area contributed by atoms with Crippen LogP contribution in [-0.4, -0.2) is 97.7 Å². The van der Waals surface area contributed by atoms with Crippen LogP contribution in [0.2, 0.25) is 0 Å². The van der Waals surface area contributed by atoms with Gasteiger partial charge in [-0.3, -0.25) is 20.2 Å². The minimum Gasteiger partial charge on any atom is -0.508 e. The van der Waals surface area contributed by atoms with E-state index in [0.717, 1.165) is 0 Å². The number of nitrogens with two attached hydrogens (primary N) is 3. The highest BCUT2D eigenvalue weighted by Crippen LogP contribution is 2.12. The topological polar surface area (TPSA) is 242 Å². The number of carbonyl (C=O) groups excluding carboxylic acids is 2. The molecule has 14 nitrogen and oxygen atoms in total. The lowest BCUT2D eigenvalue weighted by Crippen LogP contribution is -2.70. The Labute approximate surface area is 222 Å². The van der Waals surface area contributed by atoms with Gasteiger partial charge in [0.2, 0.25) is 11.8 Å². The molecular formula is C24H43N9O5. The van der Waals surface area contributed by atoms with Crippen molar-refractivity contribution in [1.29, 1.82) is 0 Å². The summed E-state index contributed by atoms with van der Waals surface area (Å²) < 4.78 is 0. The first-order chi connectivity index (χ1) is 18.1. The van der Waals surface area contributed by atoms with Crippen molar-refractivity contribution in [2.75, 3.05) is 52.4 Å². The highest BCUT2D eigenvalue weighted by molar-refractivity contribution is 5.84. The molecule has 1 fully saturated rings. The first-order valence-electron chi connectivity index (χ1n) is 12.8. The fourth-order valence-corrected chi connectivity index (χ4v) is 4.03. The lowest BCUT2D eigenvalue weighted by molar-refractivity contribution is -0.141. The molecule has 0 unspecified atom stereocenters. The molecule has 0 saturated carbocycles. The third kappa shape index (κ3) is 10.9. The van der Waals surface area contributed by atoms with Gasteiger partial charge < -0.3 is 48.7 Å². The van der Waals surface area contributed by atoms with E-state index in [0.29, 0.717) is 44.8 Å². The van der Waals surface area contributed by atoms with E-state index in [9.17, 15) is 24.6 Å². The summed E-state index contributed by atoms with van der Waals surface area (Å²) in [6, 6.07) is 4.97. The lowest BCUT2D eigenvalue weighted by Gasteiger charge is -2.37. The van der Waals surface area contributed by atoms with Gasteiger partial charge in [-0.25, -0.2) is 4.79 Å². The first kappa shape index (κ1) is 31.4. The molecule has 0 spiro atoms. The summed E-state index contributed by atoms with van der Waals surface area (Å²) in [6.45, 7) is 3.52. The van der Waals surface area contributed by atoms with Gasteiger partial charge in [0, 0.05) is 71.6 Å². The van der Waals surface area contributed by atoms with Crippen molar-refractivity contribution in [3.05, 3.63) is 29.8 Å². The molecule has 38 heavy (non-hydrogen) atoms. The van der Waals surface area contributed by atoms with Gasteiger partial charge in [-0.1, -0.05) is 12.1 Å². The van der Waals surface area contributed by atoms with Crippen LogP contribution in [0.4, 0.5) is 0 Å². The van der Waals surface area contributed by atoms with Crippen LogP contribution in [0.3, 0.4) is 0 Å². The van der Waals surface area contributed by atoms with Crippen molar-refractivity contribution >= 4 is 17.8 Å². The normalized spacial score (nSPS) is 23.9. The van der Waals surface area contributed by atoms with Crippen molar-refractivity contribution in [2.45, 2.75) is 43.1 Å². The van der Waals surface area contributed by atoms with Gasteiger partial charge in [0.15, 0.2) is 0 Å². The molecular weight excluding hydrogens is 494 g/mol. The van der Waals surface area contributed by atoms with Crippen LogP contribution in [0.5, 0.6) is 5.75 Å². The molecule has 2 amide bonds. The van der Waals surface area contributed by atoms with E-state index in [1.54, 1.807) is 12.1 Å². The number of aliphatic carboxylic acids is 1. The Bertz CT molecular complexity index is 904. The summed E-state index contributed by atoms with van der Waals surface area (Å²) >= 11 is 0. The fourth-order valence-electron chi connectivity index (χ4n) is 4.03. The number of hydrogen-bond acceptors (Lipinski definition) is 11. The molecule has 214 valence electrons. The van der Waals surface area contributed by atoms with E-state index in [2.05, 4.69) is 31.9 Å². The Morgan fingerprint density at radius 2 is 1.55 bits per heavy atom. The fraction of sp³-hybridized carbons (Fsp3) is 0.625. The summed E-state index contributed by atoms with van der Waals surface area (Å²) in [5.41, 5.74) is 17.1. The van der Waals surface area contributed by atoms with E-state index < -0.39 is 29.2 Å². The summed E-state index contributed by atoms with van der Waals surface area (Å²) in [4.78, 5) is 36.7. The Hall–Kier alpha value is -2.85. The second kappa shape index (κ2) is 15.5. The number of phenolic OH excluding ortho intramolecular Hbond substituents is 1. The molecule has 0 aromatic heterocycles. The lowest BCUT2D eigenvalue weighted by atomic mass is 10.1. The molecule has 1 heterocycles. The SMILES string of the molecule is NC[C@]1(N)CNCCNC[C@@](CN)(NC(=O)CCCC(=O)N[C@@H](Cc2ccc(O)cc2)C(=O)O)NCCN1. The maximum Gasteiger partial charge on any atom is 0.326 e. The van der Waals surface area contributed by atoms with Crippen molar-refractivity contribution < 1.29 is 24.6 Å². The molecule has 1 aliphatic heterocycles. The molecule has 14 N–H and O–H groups in total. The number of carboxylic acid groups (broad SMARTS) is 1. The summed E-state index contributed by atoms with van der Waals surface area (Å²) in [7, 11) is 0. The summed E-state index contributed by atoms with van der Waals surface area (Å²) in [5.74, 6) is -1.85. The Morgan fingerprint density at radius 3 is 2.18 bits per heavy atom. The van der Waals surface area contributed by atoms with E-state index >= 15 is 0 Å². The molecule has 1 aliphatic rings. The number of phenols is 1. The van der Waals surface area contributed by atoms with Crippen molar-refractivity contribution in [3.63, 3.8) is 0 Å². The van der Waals surface area contributed by atoms with Crippen LogP contribution in [0.1, 0.15) is 24.8 Å². The van der Waals surface area contributed by atoms with E-state index in [-0.39, 0.29) is 50.4 Å². The van der Waals surface area contributed by atoms with Gasteiger partial charge in [-0.05, 0) is 24.1 Å². The predicted octanol–water partition coefficient (Wildman–Crippen LogP) is -3.57. The zero-order valence-electron chi connectivity index (χ0n) is 21.7. The van der Waals surface area contributed by atoms with Gasteiger partial charge in [0.1, 0.15) is 17.5 Å². The van der Waals surface area contributed by atoms with Crippen molar-refractivity contribution in [3.8, 4) is 5.75 Å². The monoisotopic (exact) mass is 537 g/mol. The summed E-state index contributed by atoms with van der Waals surface area (Å²) in [6.07, 6.45) is 0.349. The molecule has 1 aromatic rings. The average molecular weight is 538 g/mol. The van der Waals surface area contributed by atoms with Crippen LogP contribution >= 0.6 is 0 Å². The molecule has 1 aromatic carbocycles. The number of rotatable bonds is 11. The second-order valence-corrected chi connectivity index (χ2v) is 9.58. The maximum absolute atomic E-state index is 12.7. The minimum atomic E-state index is -1.17. The van der Waals surface area contributed by atoms with Gasteiger partial charge in [-0.2, -0.15) is 0 Å². The van der Waals surface area contributed by atoms with Gasteiger partial charge >= 0.3 is 5.97 Å². The average Bonchev–Trinajstić information content (AvgIpc) is 2.88. The third-order valence-corrected chi connectivity index (χ3v) is 6.32. The number of benzene rings is 1. The molecule has 0 bridgehead atoms. The predicted molar refractivity (Wildman–Crippen MR) is 143 cm³/mol. The third-order valence-electron chi connectivity index (χ3n) is 6.32. The first-order valence-corrected chi connectivity index (χ1v) is 12.8. The summed E-state index contributed by atoms with van der Waals surface area (Å²) in [5, 5.41) is 37.3. The van der Waals surface area contributed by atoms with Crippen LogP contribution in [0, 0.1) is 0 Å². The molecule has 2 rings (SSSR count). The minimum absolute atomic E-state index is 0.0126. The highest BCUT2D eigenvalue weighted by atomic mass is 16.4. The number of hydrogen-bond donors (Lipinski definition) is 11. The zero-order chi connectivity index (χ0) is 28.0. The molecule has 0 radical (unpaired) electrons. The Balaban J connectivity index is 1.84. The van der Waals surface area contributed by atoms with Gasteiger partial charge in [0.25, 0.3) is 0 Å². The smallest absolute Gasteiger partial charge is 0.326 e. The largest absolute Gasteiger partial charge is 0.508 e. The number of nitrogens with one attached hydrogen (secondary N) is 6. The molecule has 1 saturated heterocycles. The number of carbonyl (C=O) groups is 3. The van der Waals surface area contributed by atoms with Gasteiger partial charge in [-0.15, -0.1) is 0 Å². The number of amides is 2. The van der Waals surface area contributed by atoms with E-state index in [4.69, 9.17) is 17.2 Å². The van der Waals surface area contributed by atoms with Crippen LogP contribution in [-0.2, 0) is 20.8 Å². The Morgan fingerprint density at radius 1 is 0.921 bits per heavy atom. The van der Waals surface area contributed by atoms with E-state index in [1.165, 1.54) is 12.1 Å². The second-order valence-electron chi connectivity index (χ2n) is 9.58.